The van der Waals surface area contributed by atoms with Crippen LogP contribution in [-0.2, 0) is 0 Å². The van der Waals surface area contributed by atoms with E-state index in [4.69, 9.17) is 0 Å². The second-order valence-corrected chi connectivity index (χ2v) is 8.30. The van der Waals surface area contributed by atoms with Gasteiger partial charge in [0.2, 0.25) is 0 Å². The molecule has 0 radical (unpaired) electrons. The predicted octanol–water partition coefficient (Wildman–Crippen LogP) is -0.489. The van der Waals surface area contributed by atoms with Crippen LogP contribution in [0.2, 0.25) is 19.1 Å². The van der Waals surface area contributed by atoms with E-state index in [-0.39, 0.29) is 18.9 Å². The average Bonchev–Trinajstić information content (AvgIpc) is 2.37. The van der Waals surface area contributed by atoms with Crippen molar-refractivity contribution in [2.45, 2.75) is 19.1 Å². The van der Waals surface area contributed by atoms with Crippen molar-refractivity contribution in [1.82, 2.24) is 0 Å². The average molecular weight is 170 g/mol. The zero-order valence-electron chi connectivity index (χ0n) is 8.30. The normalized spacial score (nSPS) is 10.5. The first-order valence-electron chi connectivity index (χ1n) is 4.00. The fourth-order valence-corrected chi connectivity index (χ4v) is 3.36. The van der Waals surface area contributed by atoms with Crippen molar-refractivity contribution in [1.29, 1.82) is 0 Å². The van der Waals surface area contributed by atoms with Gasteiger partial charge in [-0.3, -0.25) is 0 Å². The third-order valence-electron chi connectivity index (χ3n) is 2.10. The van der Waals surface area contributed by atoms with Crippen LogP contribution in [0.3, 0.4) is 0 Å². The smallest absolute Gasteiger partial charge is 0.214 e. The Morgan fingerprint density at radius 2 is 1.83 bits per heavy atom. The summed E-state index contributed by atoms with van der Waals surface area (Å²) in [5.41, 5.74) is 0. The van der Waals surface area contributed by atoms with Crippen molar-refractivity contribution in [3.8, 4) is 0 Å². The molecule has 1 aromatic carbocycles. The summed E-state index contributed by atoms with van der Waals surface area (Å²) in [6, 6.07) is 9.88. The van der Waals surface area contributed by atoms with Crippen molar-refractivity contribution in [2.24, 2.45) is 0 Å². The monoisotopic (exact) mass is 170 g/mol. The van der Waals surface area contributed by atoms with Crippen LogP contribution in [0.1, 0.15) is 0 Å². The van der Waals surface area contributed by atoms with Gasteiger partial charge in [-0.25, -0.2) is 12.1 Å². The van der Waals surface area contributed by atoms with E-state index in [2.05, 4.69) is 43.9 Å². The van der Waals surface area contributed by atoms with E-state index < -0.39 is 8.07 Å². The Hall–Kier alpha value is -0.0957. The summed E-state index contributed by atoms with van der Waals surface area (Å²) in [5.74, 6) is 0. The maximum Gasteiger partial charge on any atom is 1.00 e. The maximum atomic E-state index is 3.79. The van der Waals surface area contributed by atoms with E-state index in [0.717, 1.165) is 0 Å². The Kier molecular flexibility index (Phi) is 4.78. The van der Waals surface area contributed by atoms with Gasteiger partial charge in [-0.15, -0.1) is 6.58 Å². The SMILES string of the molecule is C=CC[Si](C)(C)[c-]1cccc1.[Li+]. The summed E-state index contributed by atoms with van der Waals surface area (Å²) in [6.45, 7) is 8.55. The van der Waals surface area contributed by atoms with Crippen molar-refractivity contribution < 1.29 is 18.9 Å². The number of hydrogen-bond acceptors (Lipinski definition) is 0. The molecule has 0 saturated carbocycles. The van der Waals surface area contributed by atoms with Crippen molar-refractivity contribution in [2.75, 3.05) is 0 Å². The maximum absolute atomic E-state index is 3.79. The summed E-state index contributed by atoms with van der Waals surface area (Å²) in [5, 5.41) is 1.54. The summed E-state index contributed by atoms with van der Waals surface area (Å²) in [7, 11) is -1.15. The molecule has 0 aromatic heterocycles. The summed E-state index contributed by atoms with van der Waals surface area (Å²) in [4.78, 5) is 0. The second-order valence-electron chi connectivity index (χ2n) is 3.55. The van der Waals surface area contributed by atoms with Crippen LogP contribution in [0.25, 0.3) is 0 Å². The zero-order valence-corrected chi connectivity index (χ0v) is 9.30. The molecule has 0 saturated heterocycles. The Bertz CT molecular complexity index is 224. The van der Waals surface area contributed by atoms with Crippen LogP contribution in [0, 0.1) is 0 Å². The van der Waals surface area contributed by atoms with Crippen molar-refractivity contribution in [3.05, 3.63) is 36.9 Å². The van der Waals surface area contributed by atoms with Crippen LogP contribution in [0.4, 0.5) is 0 Å². The van der Waals surface area contributed by atoms with Gasteiger partial charge in [0.1, 0.15) is 0 Å². The third-order valence-corrected chi connectivity index (χ3v) is 5.30. The Morgan fingerprint density at radius 1 is 1.33 bits per heavy atom. The first-order valence-corrected chi connectivity index (χ1v) is 7.20. The van der Waals surface area contributed by atoms with E-state index in [1.54, 1.807) is 0 Å². The predicted molar refractivity (Wildman–Crippen MR) is 54.2 cm³/mol. The third kappa shape index (κ3) is 2.75. The van der Waals surface area contributed by atoms with Crippen LogP contribution in [0.15, 0.2) is 36.9 Å². The fourth-order valence-electron chi connectivity index (χ4n) is 1.30. The van der Waals surface area contributed by atoms with Gasteiger partial charge in [-0.1, -0.05) is 19.2 Å². The van der Waals surface area contributed by atoms with Crippen LogP contribution < -0.4 is 24.0 Å². The van der Waals surface area contributed by atoms with E-state index in [0.29, 0.717) is 0 Å². The van der Waals surface area contributed by atoms with Gasteiger partial charge < -0.3 is 0 Å². The van der Waals surface area contributed by atoms with Crippen molar-refractivity contribution >= 4 is 13.3 Å². The molecule has 60 valence electrons. The van der Waals surface area contributed by atoms with Crippen molar-refractivity contribution in [3.63, 3.8) is 0 Å². The van der Waals surface area contributed by atoms with Gasteiger partial charge in [-0.05, 0) is 6.04 Å². The molecule has 0 atom stereocenters. The summed E-state index contributed by atoms with van der Waals surface area (Å²) >= 11 is 0. The van der Waals surface area contributed by atoms with Crippen LogP contribution in [0.5, 0.6) is 0 Å². The zero-order chi connectivity index (χ0) is 8.32. The quantitative estimate of drug-likeness (QED) is 0.326. The Morgan fingerprint density at radius 3 is 2.25 bits per heavy atom. The van der Waals surface area contributed by atoms with Crippen LogP contribution >= 0.6 is 0 Å². The molecule has 2 heteroatoms. The largest absolute Gasteiger partial charge is 1.00 e. The first-order chi connectivity index (χ1) is 5.17. The van der Waals surface area contributed by atoms with Crippen LogP contribution in [-0.4, -0.2) is 8.07 Å². The number of allylic oxidation sites excluding steroid dienone is 1. The van der Waals surface area contributed by atoms with E-state index in [9.17, 15) is 0 Å². The Balaban J connectivity index is 0.00000121. The molecule has 0 nitrogen and oxygen atoms in total. The van der Waals surface area contributed by atoms with Gasteiger partial charge in [0.05, 0.1) is 0 Å². The molecule has 0 aliphatic carbocycles. The van der Waals surface area contributed by atoms with Gasteiger partial charge >= 0.3 is 18.9 Å². The molecule has 0 spiro atoms. The molecule has 0 N–H and O–H groups in total. The molecule has 0 amide bonds. The first kappa shape index (κ1) is 11.9. The molecule has 0 unspecified atom stereocenters. The minimum Gasteiger partial charge on any atom is -0.214 e. The Labute approximate surface area is 88.2 Å². The topological polar surface area (TPSA) is 0 Å². The van der Waals surface area contributed by atoms with E-state index in [1.807, 2.05) is 6.08 Å². The minimum absolute atomic E-state index is 0. The minimum atomic E-state index is -1.15. The van der Waals surface area contributed by atoms with Gasteiger partial charge in [0, 0.05) is 8.07 Å². The molecule has 12 heavy (non-hydrogen) atoms. The number of rotatable bonds is 3. The molecule has 1 aromatic rings. The fraction of sp³-hybridized carbons (Fsp3) is 0.300. The molecular weight excluding hydrogens is 155 g/mol. The van der Waals surface area contributed by atoms with Gasteiger partial charge in [0.15, 0.2) is 0 Å². The molecule has 0 heterocycles. The molecule has 0 aliphatic rings. The standard InChI is InChI=1S/C10H15Si.Li/c1-4-9-11(2,3)10-7-5-6-8-10;/h4-8H,1,9H2,2-3H3;/q-1;+1. The molecule has 0 bridgehead atoms. The van der Waals surface area contributed by atoms with E-state index >= 15 is 0 Å². The van der Waals surface area contributed by atoms with E-state index in [1.165, 1.54) is 11.2 Å². The number of hydrogen-bond donors (Lipinski definition) is 0. The molecular formula is C10H15LiSi. The molecule has 0 fully saturated rings. The molecule has 1 rings (SSSR count). The molecule has 0 aliphatic heterocycles. The van der Waals surface area contributed by atoms with Gasteiger partial charge in [-0.2, -0.15) is 17.3 Å². The van der Waals surface area contributed by atoms with Gasteiger partial charge in [0.25, 0.3) is 0 Å². The summed E-state index contributed by atoms with van der Waals surface area (Å²) in [6.07, 6.45) is 2.04. The summed E-state index contributed by atoms with van der Waals surface area (Å²) < 4.78 is 0. The second kappa shape index (κ2) is 4.82.